The van der Waals surface area contributed by atoms with E-state index in [1.807, 2.05) is 11.7 Å². The molecule has 19 heavy (non-hydrogen) atoms. The fourth-order valence-corrected chi connectivity index (χ4v) is 4.00. The summed E-state index contributed by atoms with van der Waals surface area (Å²) in [6.07, 6.45) is 1.72. The van der Waals surface area contributed by atoms with E-state index in [0.717, 1.165) is 9.48 Å². The van der Waals surface area contributed by atoms with Gasteiger partial charge in [-0.2, -0.15) is 5.10 Å². The first-order valence-corrected chi connectivity index (χ1v) is 8.10. The molecule has 2 aromatic rings. The Bertz CT molecular complexity index is 557. The lowest BCUT2D eigenvalue weighted by atomic mass is 10.1. The molecule has 2 rings (SSSR count). The monoisotopic (exact) mass is 361 g/mol. The highest BCUT2D eigenvalue weighted by Crippen LogP contribution is 2.37. The lowest BCUT2D eigenvalue weighted by Crippen LogP contribution is -2.22. The number of aryl methyl sites for hydroxylation is 1. The predicted molar refractivity (Wildman–Crippen MR) is 85.3 cm³/mol. The number of nitrogens with one attached hydrogen (secondary N) is 1. The molecule has 0 aliphatic heterocycles. The zero-order valence-corrected chi connectivity index (χ0v) is 14.5. The molecule has 2 heterocycles. The van der Waals surface area contributed by atoms with Crippen molar-refractivity contribution in [3.8, 4) is 0 Å². The Hall–Kier alpha value is -0.360. The average molecular weight is 363 g/mol. The fourth-order valence-electron chi connectivity index (χ4n) is 2.07. The molecule has 104 valence electrons. The summed E-state index contributed by atoms with van der Waals surface area (Å²) in [6.45, 7) is 6.31. The summed E-state index contributed by atoms with van der Waals surface area (Å²) < 4.78 is 3.14. The van der Waals surface area contributed by atoms with Crippen LogP contribution in [-0.4, -0.2) is 16.8 Å². The highest BCUT2D eigenvalue weighted by Gasteiger charge is 2.24. The fraction of sp³-hybridized carbons (Fsp3) is 0.462. The number of thiophene rings is 1. The number of aromatic nitrogens is 2. The topological polar surface area (TPSA) is 29.9 Å². The molecule has 0 spiro atoms. The van der Waals surface area contributed by atoms with E-state index in [1.165, 1.54) is 10.4 Å². The van der Waals surface area contributed by atoms with Gasteiger partial charge in [-0.1, -0.05) is 11.6 Å². The van der Waals surface area contributed by atoms with Gasteiger partial charge in [0.25, 0.3) is 0 Å². The van der Waals surface area contributed by atoms with Gasteiger partial charge in [-0.05, 0) is 55.4 Å². The van der Waals surface area contributed by atoms with Gasteiger partial charge in [0.1, 0.15) is 0 Å². The Morgan fingerprint density at radius 3 is 2.63 bits per heavy atom. The smallest absolute Gasteiger partial charge is 0.0855 e. The van der Waals surface area contributed by atoms with Crippen LogP contribution in [0.3, 0.4) is 0 Å². The second kappa shape index (κ2) is 5.95. The summed E-state index contributed by atoms with van der Waals surface area (Å²) in [4.78, 5) is 1.23. The van der Waals surface area contributed by atoms with Crippen molar-refractivity contribution in [2.75, 3.05) is 7.05 Å². The molecule has 1 N–H and O–H groups in total. The van der Waals surface area contributed by atoms with Gasteiger partial charge in [0.05, 0.1) is 26.7 Å². The van der Waals surface area contributed by atoms with Gasteiger partial charge in [0.2, 0.25) is 0 Å². The molecular weight excluding hydrogens is 346 g/mol. The largest absolute Gasteiger partial charge is 0.307 e. The Balaban J connectivity index is 2.50. The Labute approximate surface area is 131 Å². The first-order valence-electron chi connectivity index (χ1n) is 6.11. The van der Waals surface area contributed by atoms with Crippen LogP contribution in [0.1, 0.15) is 42.1 Å². The van der Waals surface area contributed by atoms with Crippen LogP contribution < -0.4 is 5.32 Å². The zero-order chi connectivity index (χ0) is 14.2. The number of halogens is 2. The van der Waals surface area contributed by atoms with Crippen LogP contribution in [0.15, 0.2) is 16.0 Å². The molecule has 0 aliphatic rings. The van der Waals surface area contributed by atoms with Crippen molar-refractivity contribution in [1.82, 2.24) is 15.1 Å². The maximum Gasteiger partial charge on any atom is 0.0855 e. The molecule has 0 aromatic carbocycles. The maximum atomic E-state index is 6.33. The first-order chi connectivity index (χ1) is 8.95. The Morgan fingerprint density at radius 2 is 2.16 bits per heavy atom. The highest BCUT2D eigenvalue weighted by atomic mass is 79.9. The molecule has 3 nitrogen and oxygen atoms in total. The molecule has 0 saturated carbocycles. The van der Waals surface area contributed by atoms with E-state index in [4.69, 9.17) is 11.6 Å². The normalized spacial score (nSPS) is 13.2. The summed E-state index contributed by atoms with van der Waals surface area (Å²) in [5.41, 5.74) is 2.26. The number of hydrogen-bond acceptors (Lipinski definition) is 3. The SMILES string of the molecule is CNC(c1cc(C)c(Br)s1)c1c(Cl)cnn1C(C)C. The standard InChI is InChI=1S/C13H17BrClN3S/c1-7(2)18-12(9(15)6-17-18)11(16-4)10-5-8(3)13(14)19-10/h5-7,11,16H,1-4H3. The van der Waals surface area contributed by atoms with Gasteiger partial charge in [0.15, 0.2) is 0 Å². The molecule has 6 heteroatoms. The summed E-state index contributed by atoms with van der Waals surface area (Å²) in [7, 11) is 1.95. The van der Waals surface area contributed by atoms with Crippen LogP contribution in [0.2, 0.25) is 5.02 Å². The van der Waals surface area contributed by atoms with Crippen LogP contribution in [0, 0.1) is 6.92 Å². The number of hydrogen-bond donors (Lipinski definition) is 1. The van der Waals surface area contributed by atoms with Gasteiger partial charge in [-0.25, -0.2) is 0 Å². The van der Waals surface area contributed by atoms with Crippen LogP contribution in [0.25, 0.3) is 0 Å². The van der Waals surface area contributed by atoms with Crippen molar-refractivity contribution in [3.63, 3.8) is 0 Å². The van der Waals surface area contributed by atoms with Crippen LogP contribution in [-0.2, 0) is 0 Å². The van der Waals surface area contributed by atoms with E-state index in [-0.39, 0.29) is 12.1 Å². The van der Waals surface area contributed by atoms with Crippen molar-refractivity contribution in [1.29, 1.82) is 0 Å². The third-order valence-electron chi connectivity index (χ3n) is 3.00. The van der Waals surface area contributed by atoms with Crippen molar-refractivity contribution in [2.45, 2.75) is 32.9 Å². The second-order valence-corrected chi connectivity index (χ2v) is 7.55. The Morgan fingerprint density at radius 1 is 1.47 bits per heavy atom. The summed E-state index contributed by atoms with van der Waals surface area (Å²) >= 11 is 11.6. The predicted octanol–water partition coefficient (Wildman–Crippen LogP) is 4.56. The molecule has 0 bridgehead atoms. The van der Waals surface area contributed by atoms with Gasteiger partial charge in [0, 0.05) is 10.9 Å². The Kier molecular flexibility index (Phi) is 4.71. The summed E-state index contributed by atoms with van der Waals surface area (Å²) in [6, 6.07) is 2.53. The van der Waals surface area contributed by atoms with E-state index in [1.54, 1.807) is 17.5 Å². The number of nitrogens with zero attached hydrogens (tertiary/aromatic N) is 2. The zero-order valence-electron chi connectivity index (χ0n) is 11.4. The van der Waals surface area contributed by atoms with Crippen LogP contribution in [0.5, 0.6) is 0 Å². The quantitative estimate of drug-likeness (QED) is 0.864. The molecule has 0 saturated heterocycles. The van der Waals surface area contributed by atoms with Crippen molar-refractivity contribution in [3.05, 3.63) is 37.2 Å². The van der Waals surface area contributed by atoms with E-state index in [0.29, 0.717) is 5.02 Å². The highest BCUT2D eigenvalue weighted by molar-refractivity contribution is 9.11. The molecule has 0 fully saturated rings. The molecule has 1 atom stereocenters. The minimum Gasteiger partial charge on any atom is -0.307 e. The minimum atomic E-state index is 0.0624. The van der Waals surface area contributed by atoms with Gasteiger partial charge in [-0.3, -0.25) is 4.68 Å². The molecular formula is C13H17BrClN3S. The molecule has 0 amide bonds. The molecule has 1 unspecified atom stereocenters. The summed E-state index contributed by atoms with van der Waals surface area (Å²) in [5, 5.41) is 8.42. The average Bonchev–Trinajstić information content (AvgIpc) is 2.86. The molecule has 0 aliphatic carbocycles. The van der Waals surface area contributed by atoms with Crippen LogP contribution in [0.4, 0.5) is 0 Å². The minimum absolute atomic E-state index is 0.0624. The van der Waals surface area contributed by atoms with E-state index >= 15 is 0 Å². The molecule has 0 radical (unpaired) electrons. The molecule has 2 aromatic heterocycles. The van der Waals surface area contributed by atoms with Gasteiger partial charge < -0.3 is 5.32 Å². The van der Waals surface area contributed by atoms with Crippen molar-refractivity contribution in [2.24, 2.45) is 0 Å². The second-order valence-electron chi connectivity index (χ2n) is 4.74. The van der Waals surface area contributed by atoms with E-state index in [2.05, 4.69) is 53.2 Å². The third-order valence-corrected chi connectivity index (χ3v) is 5.49. The summed E-state index contributed by atoms with van der Waals surface area (Å²) in [5.74, 6) is 0. The first kappa shape index (κ1) is 15.0. The van der Waals surface area contributed by atoms with E-state index in [9.17, 15) is 0 Å². The lowest BCUT2D eigenvalue weighted by Gasteiger charge is -2.19. The maximum absolute atomic E-state index is 6.33. The van der Waals surface area contributed by atoms with Crippen molar-refractivity contribution < 1.29 is 0 Å². The van der Waals surface area contributed by atoms with Crippen LogP contribution >= 0.6 is 38.9 Å². The number of rotatable bonds is 4. The lowest BCUT2D eigenvalue weighted by molar-refractivity contribution is 0.486. The van der Waals surface area contributed by atoms with Gasteiger partial charge >= 0.3 is 0 Å². The van der Waals surface area contributed by atoms with E-state index < -0.39 is 0 Å². The third kappa shape index (κ3) is 2.89. The van der Waals surface area contributed by atoms with Gasteiger partial charge in [-0.15, -0.1) is 11.3 Å². The van der Waals surface area contributed by atoms with Crippen molar-refractivity contribution >= 4 is 38.9 Å².